The van der Waals surface area contributed by atoms with Crippen LogP contribution in [0.25, 0.3) is 0 Å². The van der Waals surface area contributed by atoms with Crippen molar-refractivity contribution in [2.24, 2.45) is 11.7 Å². The summed E-state index contributed by atoms with van der Waals surface area (Å²) in [5.74, 6) is 0.649. The summed E-state index contributed by atoms with van der Waals surface area (Å²) in [7, 11) is 0. The molecule has 1 aliphatic rings. The number of carbonyl (C=O) groups is 1. The molecule has 2 heterocycles. The van der Waals surface area contributed by atoms with E-state index in [1.807, 2.05) is 11.8 Å². The number of nitrogens with two attached hydrogens (primary N) is 1. The second-order valence-electron chi connectivity index (χ2n) is 4.59. The minimum absolute atomic E-state index is 0. The maximum absolute atomic E-state index is 12.1. The molecule has 0 aliphatic carbocycles. The van der Waals surface area contributed by atoms with Crippen molar-refractivity contribution in [2.75, 3.05) is 13.1 Å². The third-order valence-corrected chi connectivity index (χ3v) is 4.57. The summed E-state index contributed by atoms with van der Waals surface area (Å²) >= 11 is 7.19. The highest BCUT2D eigenvalue weighted by Crippen LogP contribution is 2.25. The molecule has 6 heteroatoms. The first kappa shape index (κ1) is 15.8. The number of halogens is 2. The zero-order chi connectivity index (χ0) is 12.4. The van der Waals surface area contributed by atoms with Gasteiger partial charge >= 0.3 is 0 Å². The van der Waals surface area contributed by atoms with E-state index in [1.54, 1.807) is 12.1 Å². The van der Waals surface area contributed by atoms with Crippen molar-refractivity contribution in [2.45, 2.75) is 25.8 Å². The van der Waals surface area contributed by atoms with Crippen LogP contribution in [0.5, 0.6) is 0 Å². The first-order valence-corrected chi connectivity index (χ1v) is 7.07. The zero-order valence-electron chi connectivity index (χ0n) is 10.3. The van der Waals surface area contributed by atoms with Crippen molar-refractivity contribution in [3.05, 3.63) is 21.3 Å². The van der Waals surface area contributed by atoms with Gasteiger partial charge in [-0.3, -0.25) is 4.79 Å². The molecule has 0 aromatic carbocycles. The van der Waals surface area contributed by atoms with Crippen LogP contribution in [0, 0.1) is 5.92 Å². The van der Waals surface area contributed by atoms with Crippen LogP contribution >= 0.6 is 35.3 Å². The quantitative estimate of drug-likeness (QED) is 0.913. The Bertz CT molecular complexity index is 401. The zero-order valence-corrected chi connectivity index (χ0v) is 12.7. The first-order valence-electron chi connectivity index (χ1n) is 5.88. The largest absolute Gasteiger partial charge is 0.338 e. The Balaban J connectivity index is 0.00000162. The Kier molecular flexibility index (Phi) is 5.92. The molecule has 1 aliphatic heterocycles. The number of carbonyl (C=O) groups excluding carboxylic acids is 1. The van der Waals surface area contributed by atoms with Crippen LogP contribution in [-0.4, -0.2) is 29.9 Å². The number of thiophene rings is 1. The van der Waals surface area contributed by atoms with Gasteiger partial charge in [-0.1, -0.05) is 11.6 Å². The summed E-state index contributed by atoms with van der Waals surface area (Å²) in [6.45, 7) is 3.66. The summed E-state index contributed by atoms with van der Waals surface area (Å²) in [5, 5.41) is 0. The highest BCUT2D eigenvalue weighted by Gasteiger charge is 2.25. The van der Waals surface area contributed by atoms with Gasteiger partial charge in [0.1, 0.15) is 0 Å². The molecule has 0 bridgehead atoms. The second-order valence-corrected chi connectivity index (χ2v) is 6.31. The predicted molar refractivity (Wildman–Crippen MR) is 78.9 cm³/mol. The fourth-order valence-corrected chi connectivity index (χ4v) is 3.22. The lowest BCUT2D eigenvalue weighted by Gasteiger charge is -2.33. The van der Waals surface area contributed by atoms with Crippen LogP contribution in [0.4, 0.5) is 0 Å². The minimum atomic E-state index is 0. The highest BCUT2D eigenvalue weighted by atomic mass is 35.5. The first-order chi connectivity index (χ1) is 8.08. The van der Waals surface area contributed by atoms with E-state index in [0.717, 1.165) is 30.8 Å². The van der Waals surface area contributed by atoms with E-state index >= 15 is 0 Å². The van der Waals surface area contributed by atoms with Crippen molar-refractivity contribution in [3.8, 4) is 0 Å². The number of nitrogens with zero attached hydrogens (tertiary/aromatic N) is 1. The molecule has 2 rings (SSSR count). The van der Waals surface area contributed by atoms with Gasteiger partial charge < -0.3 is 10.6 Å². The maximum Gasteiger partial charge on any atom is 0.263 e. The van der Waals surface area contributed by atoms with Crippen molar-refractivity contribution < 1.29 is 4.79 Å². The molecule has 1 amide bonds. The lowest BCUT2D eigenvalue weighted by atomic mass is 9.91. The standard InChI is InChI=1S/C12H17ClN2OS.ClH/c1-8(14)9-4-6-15(7-5-9)12(16)10-2-3-11(13)17-10;/h2-3,8-9H,4-7,14H2,1H3;1H. The molecule has 1 unspecified atom stereocenters. The van der Waals surface area contributed by atoms with E-state index in [0.29, 0.717) is 10.3 Å². The van der Waals surface area contributed by atoms with Crippen LogP contribution in [0.2, 0.25) is 4.34 Å². The molecule has 0 saturated carbocycles. The van der Waals surface area contributed by atoms with Gasteiger partial charge in [0.25, 0.3) is 5.91 Å². The van der Waals surface area contributed by atoms with Crippen LogP contribution in [0.15, 0.2) is 12.1 Å². The fraction of sp³-hybridized carbons (Fsp3) is 0.583. The number of likely N-dealkylation sites (tertiary alicyclic amines) is 1. The lowest BCUT2D eigenvalue weighted by molar-refractivity contribution is 0.0686. The molecular formula is C12H18Cl2N2OS. The summed E-state index contributed by atoms with van der Waals surface area (Å²) in [4.78, 5) is 14.8. The fourth-order valence-electron chi connectivity index (χ4n) is 2.21. The number of amides is 1. The summed E-state index contributed by atoms with van der Waals surface area (Å²) in [6, 6.07) is 3.80. The van der Waals surface area contributed by atoms with E-state index < -0.39 is 0 Å². The Morgan fingerprint density at radius 2 is 2.11 bits per heavy atom. The molecule has 1 aromatic heterocycles. The van der Waals surface area contributed by atoms with Gasteiger partial charge in [-0.25, -0.2) is 0 Å². The minimum Gasteiger partial charge on any atom is -0.338 e. The van der Waals surface area contributed by atoms with Gasteiger partial charge in [-0.2, -0.15) is 0 Å². The second kappa shape index (κ2) is 6.75. The normalized spacial score (nSPS) is 18.3. The molecule has 1 fully saturated rings. The van der Waals surface area contributed by atoms with Crippen molar-refractivity contribution in [1.82, 2.24) is 4.90 Å². The molecule has 1 aromatic rings. The molecule has 18 heavy (non-hydrogen) atoms. The van der Waals surface area contributed by atoms with Crippen LogP contribution in [-0.2, 0) is 0 Å². The van der Waals surface area contributed by atoms with Gasteiger partial charge in [0, 0.05) is 19.1 Å². The number of hydrogen-bond donors (Lipinski definition) is 1. The molecule has 0 spiro atoms. The Labute approximate surface area is 123 Å². The van der Waals surface area contributed by atoms with Gasteiger partial charge in [0.15, 0.2) is 0 Å². The predicted octanol–water partition coefficient (Wildman–Crippen LogP) is 3.02. The van der Waals surface area contributed by atoms with E-state index in [2.05, 4.69) is 0 Å². The van der Waals surface area contributed by atoms with E-state index in [9.17, 15) is 4.79 Å². The van der Waals surface area contributed by atoms with Crippen LogP contribution in [0.3, 0.4) is 0 Å². The molecular weight excluding hydrogens is 291 g/mol. The van der Waals surface area contributed by atoms with Gasteiger partial charge in [0.2, 0.25) is 0 Å². The van der Waals surface area contributed by atoms with Gasteiger partial charge in [-0.05, 0) is 37.8 Å². The third kappa shape index (κ3) is 3.60. The topological polar surface area (TPSA) is 46.3 Å². The molecule has 1 atom stereocenters. The van der Waals surface area contributed by atoms with Crippen molar-refractivity contribution >= 4 is 41.3 Å². The lowest BCUT2D eigenvalue weighted by Crippen LogP contribution is -2.42. The average molecular weight is 309 g/mol. The van der Waals surface area contributed by atoms with Crippen LogP contribution in [0.1, 0.15) is 29.4 Å². The average Bonchev–Trinajstić information content (AvgIpc) is 2.75. The molecule has 3 nitrogen and oxygen atoms in total. The maximum atomic E-state index is 12.1. The molecule has 102 valence electrons. The monoisotopic (exact) mass is 308 g/mol. The Hall–Kier alpha value is -0.290. The third-order valence-electron chi connectivity index (χ3n) is 3.35. The van der Waals surface area contributed by atoms with E-state index in [1.165, 1.54) is 11.3 Å². The number of rotatable bonds is 2. The molecule has 2 N–H and O–H groups in total. The summed E-state index contributed by atoms with van der Waals surface area (Å²) in [5.41, 5.74) is 5.88. The number of piperidine rings is 1. The van der Waals surface area contributed by atoms with Crippen molar-refractivity contribution in [1.29, 1.82) is 0 Å². The smallest absolute Gasteiger partial charge is 0.263 e. The van der Waals surface area contributed by atoms with Crippen LogP contribution < -0.4 is 5.73 Å². The summed E-state index contributed by atoms with van der Waals surface area (Å²) < 4.78 is 0.666. The van der Waals surface area contributed by atoms with E-state index in [4.69, 9.17) is 17.3 Å². The molecule has 1 saturated heterocycles. The molecule has 0 radical (unpaired) electrons. The van der Waals surface area contributed by atoms with Crippen molar-refractivity contribution in [3.63, 3.8) is 0 Å². The SMILES string of the molecule is CC(N)C1CCN(C(=O)c2ccc(Cl)s2)CC1.Cl. The summed E-state index contributed by atoms with van der Waals surface area (Å²) in [6.07, 6.45) is 2.00. The van der Waals surface area contributed by atoms with E-state index in [-0.39, 0.29) is 24.4 Å². The number of hydrogen-bond acceptors (Lipinski definition) is 3. The van der Waals surface area contributed by atoms with Gasteiger partial charge in [-0.15, -0.1) is 23.7 Å². The van der Waals surface area contributed by atoms with Gasteiger partial charge in [0.05, 0.1) is 9.21 Å². The highest BCUT2D eigenvalue weighted by molar-refractivity contribution is 7.17. The Morgan fingerprint density at radius 1 is 1.50 bits per heavy atom. The Morgan fingerprint density at radius 3 is 2.56 bits per heavy atom.